The highest BCUT2D eigenvalue weighted by atomic mass is 35.5. The average molecular weight is 385 g/mol. The maximum absolute atomic E-state index is 12.8. The van der Waals surface area contributed by atoms with E-state index >= 15 is 0 Å². The van der Waals surface area contributed by atoms with Crippen molar-refractivity contribution in [2.45, 2.75) is 44.6 Å². The largest absolute Gasteiger partial charge is 0.346 e. The number of carbonyl (C=O) groups excluding carboxylic acids is 2. The normalized spacial score (nSPS) is 25.5. The van der Waals surface area contributed by atoms with Crippen molar-refractivity contribution in [2.24, 2.45) is 11.1 Å². The van der Waals surface area contributed by atoms with E-state index in [0.29, 0.717) is 18.6 Å². The van der Waals surface area contributed by atoms with Gasteiger partial charge in [-0.3, -0.25) is 9.59 Å². The van der Waals surface area contributed by atoms with E-state index in [-0.39, 0.29) is 29.8 Å². The van der Waals surface area contributed by atoms with Gasteiger partial charge in [-0.2, -0.15) is 0 Å². The van der Waals surface area contributed by atoms with Crippen LogP contribution in [0.4, 0.5) is 5.13 Å². The molecule has 0 aromatic carbocycles. The average Bonchev–Trinajstić information content (AvgIpc) is 3.30. The van der Waals surface area contributed by atoms with Crippen molar-refractivity contribution in [2.75, 3.05) is 31.1 Å². The summed E-state index contributed by atoms with van der Waals surface area (Å²) in [6.45, 7) is 3.33. The number of likely N-dealkylation sites (tertiary alicyclic amines) is 1. The zero-order valence-electron chi connectivity index (χ0n) is 14.3. The van der Waals surface area contributed by atoms with E-state index in [4.69, 9.17) is 5.73 Å². The summed E-state index contributed by atoms with van der Waals surface area (Å²) in [5.74, 6) is 0.470. The summed E-state index contributed by atoms with van der Waals surface area (Å²) in [7, 11) is 0. The van der Waals surface area contributed by atoms with Gasteiger partial charge in [0.1, 0.15) is 10.7 Å². The molecule has 8 heteroatoms. The van der Waals surface area contributed by atoms with Crippen LogP contribution < -0.4 is 10.6 Å². The van der Waals surface area contributed by atoms with Crippen molar-refractivity contribution < 1.29 is 9.59 Å². The van der Waals surface area contributed by atoms with Gasteiger partial charge in [0.2, 0.25) is 0 Å². The van der Waals surface area contributed by atoms with Crippen molar-refractivity contribution in [1.29, 1.82) is 0 Å². The number of amides is 1. The number of ketones is 1. The van der Waals surface area contributed by atoms with Crippen LogP contribution in [-0.4, -0.2) is 53.8 Å². The number of aromatic nitrogens is 1. The number of carbonyl (C=O) groups is 2. The van der Waals surface area contributed by atoms with Crippen molar-refractivity contribution in [3.63, 3.8) is 0 Å². The Labute approximate surface area is 158 Å². The summed E-state index contributed by atoms with van der Waals surface area (Å²) in [5.41, 5.74) is 6.13. The van der Waals surface area contributed by atoms with E-state index in [1.54, 1.807) is 6.20 Å². The number of nitrogens with zero attached hydrogens (tertiary/aromatic N) is 3. The van der Waals surface area contributed by atoms with E-state index in [1.807, 2.05) is 4.90 Å². The van der Waals surface area contributed by atoms with Gasteiger partial charge in [0.25, 0.3) is 5.91 Å². The molecule has 4 rings (SSSR count). The quantitative estimate of drug-likeness (QED) is 0.844. The van der Waals surface area contributed by atoms with E-state index in [9.17, 15) is 9.59 Å². The lowest BCUT2D eigenvalue weighted by molar-refractivity contribution is -0.122. The topological polar surface area (TPSA) is 79.5 Å². The molecule has 0 radical (unpaired) electrons. The third kappa shape index (κ3) is 3.68. The Morgan fingerprint density at radius 3 is 2.72 bits per heavy atom. The molecule has 6 nitrogen and oxygen atoms in total. The molecule has 1 amide bonds. The predicted molar refractivity (Wildman–Crippen MR) is 101 cm³/mol. The van der Waals surface area contributed by atoms with Gasteiger partial charge >= 0.3 is 0 Å². The molecule has 2 aliphatic heterocycles. The third-order valence-electron chi connectivity index (χ3n) is 5.79. The van der Waals surface area contributed by atoms with Crippen LogP contribution in [0.3, 0.4) is 0 Å². The first-order valence-electron chi connectivity index (χ1n) is 8.82. The van der Waals surface area contributed by atoms with Gasteiger partial charge in [-0.05, 0) is 31.1 Å². The molecule has 1 aromatic rings. The van der Waals surface area contributed by atoms with Gasteiger partial charge in [0.15, 0.2) is 5.13 Å². The van der Waals surface area contributed by atoms with Gasteiger partial charge in [-0.15, -0.1) is 12.4 Å². The summed E-state index contributed by atoms with van der Waals surface area (Å²) in [4.78, 5) is 33.6. The summed E-state index contributed by atoms with van der Waals surface area (Å²) in [5, 5.41) is 0.906. The van der Waals surface area contributed by atoms with Crippen molar-refractivity contribution >= 4 is 40.6 Å². The van der Waals surface area contributed by atoms with Gasteiger partial charge in [0, 0.05) is 45.1 Å². The van der Waals surface area contributed by atoms with Gasteiger partial charge in [-0.1, -0.05) is 11.3 Å². The van der Waals surface area contributed by atoms with Crippen LogP contribution in [0.5, 0.6) is 0 Å². The second-order valence-electron chi connectivity index (χ2n) is 7.52. The lowest BCUT2D eigenvalue weighted by atomic mass is 9.73. The molecular weight excluding hydrogens is 360 g/mol. The van der Waals surface area contributed by atoms with Gasteiger partial charge in [-0.25, -0.2) is 4.98 Å². The Hall–Kier alpha value is -1.18. The Kier molecular flexibility index (Phi) is 5.37. The van der Waals surface area contributed by atoms with Crippen molar-refractivity contribution in [3.8, 4) is 0 Å². The maximum Gasteiger partial charge on any atom is 0.265 e. The number of Topliss-reactive ketones (excluding diaryl/α,β-unsaturated/α-hetero) is 1. The highest BCUT2D eigenvalue weighted by Gasteiger charge is 2.42. The van der Waals surface area contributed by atoms with E-state index < -0.39 is 0 Å². The molecule has 1 atom stereocenters. The molecule has 138 valence electrons. The number of rotatable bonds is 2. The van der Waals surface area contributed by atoms with Crippen LogP contribution in [0.2, 0.25) is 0 Å². The second kappa shape index (κ2) is 7.21. The molecule has 2 saturated heterocycles. The minimum atomic E-state index is 0. The molecule has 1 spiro atoms. The Morgan fingerprint density at radius 1 is 1.28 bits per heavy atom. The fourth-order valence-electron chi connectivity index (χ4n) is 4.20. The molecule has 3 heterocycles. The summed E-state index contributed by atoms with van der Waals surface area (Å²) in [6.07, 6.45) is 6.96. The predicted octanol–water partition coefficient (Wildman–Crippen LogP) is 2.08. The van der Waals surface area contributed by atoms with Crippen LogP contribution in [-0.2, 0) is 4.79 Å². The second-order valence-corrected chi connectivity index (χ2v) is 8.53. The minimum absolute atomic E-state index is 0. The number of halogens is 1. The number of thiazole rings is 1. The van der Waals surface area contributed by atoms with Crippen LogP contribution in [0.15, 0.2) is 6.20 Å². The van der Waals surface area contributed by atoms with Crippen molar-refractivity contribution in [3.05, 3.63) is 11.1 Å². The third-order valence-corrected chi connectivity index (χ3v) is 6.84. The van der Waals surface area contributed by atoms with E-state index in [0.717, 1.165) is 61.9 Å². The monoisotopic (exact) mass is 384 g/mol. The molecule has 2 N–H and O–H groups in total. The smallest absolute Gasteiger partial charge is 0.265 e. The molecular formula is C17H25ClN4O2S. The van der Waals surface area contributed by atoms with Gasteiger partial charge < -0.3 is 15.5 Å². The zero-order valence-corrected chi connectivity index (χ0v) is 15.9. The van der Waals surface area contributed by atoms with Crippen molar-refractivity contribution in [1.82, 2.24) is 9.88 Å². The number of nitrogens with two attached hydrogens (primary N) is 1. The lowest BCUT2D eigenvalue weighted by Gasteiger charge is -2.32. The molecule has 0 bridgehead atoms. The lowest BCUT2D eigenvalue weighted by Crippen LogP contribution is -2.34. The first kappa shape index (κ1) is 18.6. The number of anilines is 1. The van der Waals surface area contributed by atoms with Crippen LogP contribution in [0.1, 0.15) is 48.2 Å². The Bertz CT molecular complexity index is 655. The molecule has 1 aromatic heterocycles. The summed E-state index contributed by atoms with van der Waals surface area (Å²) >= 11 is 1.48. The molecule has 0 unspecified atom stereocenters. The van der Waals surface area contributed by atoms with E-state index in [2.05, 4.69) is 9.88 Å². The fourth-order valence-corrected chi connectivity index (χ4v) is 5.12. The van der Waals surface area contributed by atoms with E-state index in [1.165, 1.54) is 11.3 Å². The molecule has 3 fully saturated rings. The van der Waals surface area contributed by atoms with Gasteiger partial charge in [0.05, 0.1) is 6.20 Å². The first-order chi connectivity index (χ1) is 11.5. The first-order valence-corrected chi connectivity index (χ1v) is 9.64. The maximum atomic E-state index is 12.8. The highest BCUT2D eigenvalue weighted by molar-refractivity contribution is 7.17. The van der Waals surface area contributed by atoms with Crippen LogP contribution >= 0.6 is 23.7 Å². The van der Waals surface area contributed by atoms with Crippen LogP contribution in [0, 0.1) is 5.41 Å². The highest BCUT2D eigenvalue weighted by Crippen LogP contribution is 2.43. The molecule has 3 aliphatic rings. The fraction of sp³-hybridized carbons (Fsp3) is 0.706. The zero-order chi connectivity index (χ0) is 16.7. The Morgan fingerprint density at radius 2 is 2.04 bits per heavy atom. The standard InChI is InChI=1S/C17H24N4O2S.ClH/c18-12-3-7-20(10-12)16-19-9-14(24-16)15(23)21-8-6-17(11-21)4-1-13(22)2-5-17;/h9,12H,1-8,10-11,18H2;1H/t12-;/m0./s1. The SMILES string of the molecule is Cl.N[C@H]1CCN(c2ncc(C(=O)N3CCC4(CCC(=O)CC4)C3)s2)C1. The number of hydrogen-bond acceptors (Lipinski definition) is 6. The molecule has 1 aliphatic carbocycles. The summed E-state index contributed by atoms with van der Waals surface area (Å²) < 4.78 is 0. The van der Waals surface area contributed by atoms with Crippen LogP contribution in [0.25, 0.3) is 0 Å². The minimum Gasteiger partial charge on any atom is -0.346 e. The number of hydrogen-bond donors (Lipinski definition) is 1. The Balaban J connectivity index is 0.00000182. The summed E-state index contributed by atoms with van der Waals surface area (Å²) in [6, 6.07) is 0.209. The molecule has 1 saturated carbocycles. The molecule has 25 heavy (non-hydrogen) atoms.